The zero-order valence-corrected chi connectivity index (χ0v) is 18.3. The van der Waals surface area contributed by atoms with Gasteiger partial charge in [0, 0.05) is 15.1 Å². The third kappa shape index (κ3) is 5.11. The number of benzene rings is 2. The molecule has 0 saturated carbocycles. The molecule has 0 unspecified atom stereocenters. The molecule has 3 rings (SSSR count). The van der Waals surface area contributed by atoms with Gasteiger partial charge in [-0.15, -0.1) is 0 Å². The summed E-state index contributed by atoms with van der Waals surface area (Å²) in [7, 11) is 0. The number of urea groups is 1. The average molecular weight is 500 g/mol. The minimum Gasteiger partial charge on any atom is -0.493 e. The van der Waals surface area contributed by atoms with Crippen LogP contribution in [0.5, 0.6) is 5.88 Å². The maximum Gasteiger partial charge on any atom is 0.345 e. The van der Waals surface area contributed by atoms with Gasteiger partial charge in [-0.05, 0) is 66.7 Å². The van der Waals surface area contributed by atoms with E-state index in [-0.39, 0.29) is 5.56 Å². The molecule has 0 fully saturated rings. The van der Waals surface area contributed by atoms with Crippen LogP contribution < -0.4 is 16.6 Å². The van der Waals surface area contributed by atoms with Crippen molar-refractivity contribution in [3.05, 3.63) is 78.9 Å². The number of nitrogens with zero attached hydrogens (tertiary/aromatic N) is 3. The number of nitriles is 1. The number of aromatic nitrogens is 2. The van der Waals surface area contributed by atoms with Crippen molar-refractivity contribution in [1.29, 1.82) is 5.26 Å². The highest BCUT2D eigenvalue weighted by molar-refractivity contribution is 9.10. The van der Waals surface area contributed by atoms with Gasteiger partial charge in [0.05, 0.1) is 11.9 Å². The van der Waals surface area contributed by atoms with Crippen LogP contribution in [-0.4, -0.2) is 26.9 Å². The summed E-state index contributed by atoms with van der Waals surface area (Å²) in [4.78, 5) is 42.9. The lowest BCUT2D eigenvalue weighted by atomic mass is 10.2. The van der Waals surface area contributed by atoms with Gasteiger partial charge in [0.25, 0.3) is 5.56 Å². The molecule has 0 aliphatic rings. The molecule has 0 radical (unpaired) electrons. The van der Waals surface area contributed by atoms with Crippen molar-refractivity contribution in [1.82, 2.24) is 9.55 Å². The van der Waals surface area contributed by atoms with Gasteiger partial charge in [0.2, 0.25) is 5.88 Å². The first-order chi connectivity index (χ1) is 14.8. The van der Waals surface area contributed by atoms with Crippen LogP contribution in [0.2, 0.25) is 0 Å². The third-order valence-electron chi connectivity index (χ3n) is 4.10. The topological polar surface area (TPSA) is 140 Å². The molecule has 1 aromatic heterocycles. The van der Waals surface area contributed by atoms with E-state index in [1.807, 2.05) is 5.40 Å². The van der Waals surface area contributed by atoms with E-state index in [1.165, 1.54) is 0 Å². The van der Waals surface area contributed by atoms with E-state index in [0.29, 0.717) is 16.3 Å². The molecule has 0 aliphatic heterocycles. The molecule has 3 N–H and O–H groups in total. The number of H-pyrrole nitrogens is 1. The Morgan fingerprint density at radius 2 is 2.00 bits per heavy atom. The summed E-state index contributed by atoms with van der Waals surface area (Å²) < 4.78 is 1.72. The number of carbonyl (C=O) groups excluding carboxylic acids is 1. The van der Waals surface area contributed by atoms with Crippen molar-refractivity contribution in [2.75, 3.05) is 5.32 Å². The normalized spacial score (nSPS) is 10.7. The fourth-order valence-electron chi connectivity index (χ4n) is 2.60. The number of nitrogens with one attached hydrogen (secondary N) is 2. The van der Waals surface area contributed by atoms with Crippen LogP contribution >= 0.6 is 27.7 Å². The second-order valence-electron chi connectivity index (χ2n) is 6.17. The van der Waals surface area contributed by atoms with E-state index in [2.05, 4.69) is 31.2 Å². The molecule has 0 spiro atoms. The van der Waals surface area contributed by atoms with Crippen LogP contribution in [0.15, 0.2) is 66.4 Å². The number of rotatable bonds is 4. The molecule has 0 aliphatic carbocycles. The SMILES string of the molecule is Cc1cc(-n2c(O)c(/C=N/C(=O)Nc3ccc(SC#N)cc3)c(=O)[nH]c2=O)ccc1Br. The summed E-state index contributed by atoms with van der Waals surface area (Å²) in [6.07, 6.45) is 0.880. The van der Waals surface area contributed by atoms with Gasteiger partial charge in [0.15, 0.2) is 0 Å². The van der Waals surface area contributed by atoms with Gasteiger partial charge >= 0.3 is 11.7 Å². The molecule has 0 bridgehead atoms. The Hall–Kier alpha value is -3.62. The van der Waals surface area contributed by atoms with Gasteiger partial charge in [-0.1, -0.05) is 15.9 Å². The number of aryl methyl sites for hydroxylation is 1. The van der Waals surface area contributed by atoms with E-state index < -0.39 is 23.2 Å². The molecule has 2 aromatic carbocycles. The molecule has 3 aromatic rings. The number of amides is 2. The number of thiocyanates is 1. The quantitative estimate of drug-likeness (QED) is 0.285. The number of aliphatic imine (C=N–C) groups is 1. The molecule has 1 heterocycles. The first-order valence-electron chi connectivity index (χ1n) is 8.66. The number of aromatic amines is 1. The molecule has 11 heteroatoms. The number of carbonyl (C=O) groups is 1. The molecule has 2 amide bonds. The average Bonchev–Trinajstić information content (AvgIpc) is 2.72. The Morgan fingerprint density at radius 3 is 2.65 bits per heavy atom. The van der Waals surface area contributed by atoms with Crippen molar-refractivity contribution in [2.45, 2.75) is 11.8 Å². The van der Waals surface area contributed by atoms with Crippen LogP contribution in [0.4, 0.5) is 10.5 Å². The monoisotopic (exact) mass is 499 g/mol. The molecule has 0 atom stereocenters. The first-order valence-corrected chi connectivity index (χ1v) is 10.3. The van der Waals surface area contributed by atoms with Crippen LogP contribution in [-0.2, 0) is 0 Å². The fourth-order valence-corrected chi connectivity index (χ4v) is 3.22. The Balaban J connectivity index is 1.88. The number of aromatic hydroxyl groups is 1. The van der Waals surface area contributed by atoms with Gasteiger partial charge in [-0.25, -0.2) is 19.1 Å². The minimum absolute atomic E-state index is 0.328. The summed E-state index contributed by atoms with van der Waals surface area (Å²) in [6.45, 7) is 1.81. The molecular formula is C20H14BrN5O4S. The Labute approximate surface area is 188 Å². The van der Waals surface area contributed by atoms with Gasteiger partial charge in [-0.3, -0.25) is 9.78 Å². The minimum atomic E-state index is -0.887. The molecule has 156 valence electrons. The first kappa shape index (κ1) is 22.1. The predicted molar refractivity (Wildman–Crippen MR) is 121 cm³/mol. The lowest BCUT2D eigenvalue weighted by Crippen LogP contribution is -2.31. The number of hydrogen-bond acceptors (Lipinski definition) is 6. The maximum absolute atomic E-state index is 12.3. The lowest BCUT2D eigenvalue weighted by Gasteiger charge is -2.11. The summed E-state index contributed by atoms with van der Waals surface area (Å²) in [6, 6.07) is 10.6. The van der Waals surface area contributed by atoms with E-state index in [1.54, 1.807) is 49.4 Å². The molecule has 9 nitrogen and oxygen atoms in total. The van der Waals surface area contributed by atoms with E-state index >= 15 is 0 Å². The zero-order chi connectivity index (χ0) is 22.5. The van der Waals surface area contributed by atoms with E-state index in [0.717, 1.165) is 32.6 Å². The fraction of sp³-hybridized carbons (Fsp3) is 0.0500. The smallest absolute Gasteiger partial charge is 0.345 e. The van der Waals surface area contributed by atoms with Crippen molar-refractivity contribution >= 4 is 45.6 Å². The second kappa shape index (κ2) is 9.46. The van der Waals surface area contributed by atoms with Crippen LogP contribution in [0.25, 0.3) is 5.69 Å². The van der Waals surface area contributed by atoms with E-state index in [9.17, 15) is 19.5 Å². The largest absolute Gasteiger partial charge is 0.493 e. The van der Waals surface area contributed by atoms with E-state index in [4.69, 9.17) is 5.26 Å². The Bertz CT molecular complexity index is 1340. The van der Waals surface area contributed by atoms with Crippen molar-refractivity contribution in [2.24, 2.45) is 4.99 Å². The highest BCUT2D eigenvalue weighted by Crippen LogP contribution is 2.22. The highest BCUT2D eigenvalue weighted by atomic mass is 79.9. The number of hydrogen-bond donors (Lipinski definition) is 3. The highest BCUT2D eigenvalue weighted by Gasteiger charge is 2.15. The summed E-state index contributed by atoms with van der Waals surface area (Å²) in [5.74, 6) is -0.648. The standard InChI is InChI=1S/C20H14BrN5O4S/c1-11-8-13(4-7-16(11)21)26-18(28)15(17(27)25-20(26)30)9-23-19(29)24-12-2-5-14(6-3-12)31-10-22/h2-9,28H,1H3,(H,24,29)(H,25,27,30)/b23-9+. The van der Waals surface area contributed by atoms with Crippen LogP contribution in [0.1, 0.15) is 11.1 Å². The maximum atomic E-state index is 12.3. The Morgan fingerprint density at radius 1 is 1.29 bits per heavy atom. The zero-order valence-electron chi connectivity index (χ0n) is 15.9. The van der Waals surface area contributed by atoms with Crippen molar-refractivity contribution < 1.29 is 9.90 Å². The van der Waals surface area contributed by atoms with Crippen molar-refractivity contribution in [3.63, 3.8) is 0 Å². The van der Waals surface area contributed by atoms with Gasteiger partial charge in [-0.2, -0.15) is 5.26 Å². The molecule has 31 heavy (non-hydrogen) atoms. The van der Waals surface area contributed by atoms with Crippen LogP contribution in [0.3, 0.4) is 0 Å². The molecule has 0 saturated heterocycles. The lowest BCUT2D eigenvalue weighted by molar-refractivity contribution is 0.259. The van der Waals surface area contributed by atoms with Gasteiger partial charge < -0.3 is 10.4 Å². The molecular weight excluding hydrogens is 486 g/mol. The number of anilines is 1. The summed E-state index contributed by atoms with van der Waals surface area (Å²) >= 11 is 4.34. The van der Waals surface area contributed by atoms with Gasteiger partial charge in [0.1, 0.15) is 11.0 Å². The number of thioether (sulfide) groups is 1. The van der Waals surface area contributed by atoms with Crippen LogP contribution in [0, 0.1) is 17.6 Å². The predicted octanol–water partition coefficient (Wildman–Crippen LogP) is 3.53. The number of halogens is 1. The summed E-state index contributed by atoms with van der Waals surface area (Å²) in [5, 5.41) is 23.6. The second-order valence-corrected chi connectivity index (χ2v) is 7.88. The third-order valence-corrected chi connectivity index (χ3v) is 5.59. The Kier molecular flexibility index (Phi) is 6.74. The van der Waals surface area contributed by atoms with Crippen molar-refractivity contribution in [3.8, 4) is 17.0 Å². The summed E-state index contributed by atoms with van der Waals surface area (Å²) in [5.41, 5.74) is -0.505.